The molecule has 1 aliphatic rings. The van der Waals surface area contributed by atoms with E-state index in [1.54, 1.807) is 10.8 Å². The van der Waals surface area contributed by atoms with Crippen LogP contribution in [-0.2, 0) is 6.54 Å². The number of aromatic nitrogens is 1. The quantitative estimate of drug-likeness (QED) is 0.748. The van der Waals surface area contributed by atoms with E-state index < -0.39 is 12.0 Å². The molecular formula is C12H14F3NO. The largest absolute Gasteiger partial charge is 0.454 e. The summed E-state index contributed by atoms with van der Waals surface area (Å²) in [5.74, 6) is -1.22. The summed E-state index contributed by atoms with van der Waals surface area (Å²) in [4.78, 5) is 11.0. The molecule has 0 bridgehead atoms. The van der Waals surface area contributed by atoms with Crippen molar-refractivity contribution in [2.24, 2.45) is 5.92 Å². The van der Waals surface area contributed by atoms with Crippen LogP contribution in [0.1, 0.15) is 36.0 Å². The Morgan fingerprint density at radius 3 is 2.59 bits per heavy atom. The van der Waals surface area contributed by atoms with Crippen LogP contribution in [0.2, 0.25) is 0 Å². The highest BCUT2D eigenvalue weighted by atomic mass is 19.4. The van der Waals surface area contributed by atoms with Crippen molar-refractivity contribution in [3.63, 3.8) is 0 Å². The number of halogens is 3. The van der Waals surface area contributed by atoms with Gasteiger partial charge in [-0.2, -0.15) is 13.2 Å². The number of nitrogens with zero attached hydrogens (tertiary/aromatic N) is 1. The highest BCUT2D eigenvalue weighted by Gasteiger charge is 2.39. The Morgan fingerprint density at radius 1 is 1.35 bits per heavy atom. The lowest BCUT2D eigenvalue weighted by molar-refractivity contribution is -0.0885. The minimum atomic E-state index is -4.78. The molecule has 0 aliphatic heterocycles. The average molecular weight is 245 g/mol. The van der Waals surface area contributed by atoms with Crippen molar-refractivity contribution in [1.82, 2.24) is 4.57 Å². The van der Waals surface area contributed by atoms with Gasteiger partial charge in [0.1, 0.15) is 0 Å². The first-order valence-corrected chi connectivity index (χ1v) is 5.74. The summed E-state index contributed by atoms with van der Waals surface area (Å²) in [6, 6.07) is 1.24. The van der Waals surface area contributed by atoms with E-state index in [1.807, 2.05) is 0 Å². The van der Waals surface area contributed by atoms with Gasteiger partial charge in [-0.05, 0) is 24.8 Å². The first kappa shape index (κ1) is 12.2. The van der Waals surface area contributed by atoms with Gasteiger partial charge in [-0.25, -0.2) is 0 Å². The Labute approximate surface area is 97.4 Å². The van der Waals surface area contributed by atoms with E-state index in [0.717, 1.165) is 12.8 Å². The molecule has 0 amide bonds. The topological polar surface area (TPSA) is 22.0 Å². The van der Waals surface area contributed by atoms with E-state index in [2.05, 4.69) is 0 Å². The molecule has 1 aromatic rings. The van der Waals surface area contributed by atoms with Crippen LogP contribution in [0.15, 0.2) is 18.5 Å². The summed E-state index contributed by atoms with van der Waals surface area (Å²) in [5, 5.41) is 0. The minimum Gasteiger partial charge on any atom is -0.353 e. The molecule has 17 heavy (non-hydrogen) atoms. The molecule has 1 fully saturated rings. The maximum atomic E-state index is 12.2. The fraction of sp³-hybridized carbons (Fsp3) is 0.583. The Bertz CT molecular complexity index is 402. The van der Waals surface area contributed by atoms with Gasteiger partial charge in [-0.1, -0.05) is 12.8 Å². The van der Waals surface area contributed by atoms with Gasteiger partial charge >= 0.3 is 6.18 Å². The standard InChI is InChI=1S/C12H14F3NO/c13-12(14,15)11(17)10-5-6-16(8-10)7-9-3-1-2-4-9/h5-6,8-9H,1-4,7H2. The number of hydrogen-bond acceptors (Lipinski definition) is 1. The third kappa shape index (κ3) is 2.90. The summed E-state index contributed by atoms with van der Waals surface area (Å²) in [6.45, 7) is 0.713. The Balaban J connectivity index is 2.02. The second-order valence-electron chi connectivity index (χ2n) is 4.57. The molecule has 0 spiro atoms. The zero-order valence-electron chi connectivity index (χ0n) is 9.33. The molecule has 1 aromatic heterocycles. The summed E-state index contributed by atoms with van der Waals surface area (Å²) >= 11 is 0. The van der Waals surface area contributed by atoms with Crippen molar-refractivity contribution in [1.29, 1.82) is 0 Å². The van der Waals surface area contributed by atoms with Crippen LogP contribution in [0.4, 0.5) is 13.2 Å². The maximum absolute atomic E-state index is 12.2. The number of ketones is 1. The minimum absolute atomic E-state index is 0.268. The third-order valence-electron chi connectivity index (χ3n) is 3.21. The predicted molar refractivity (Wildman–Crippen MR) is 56.8 cm³/mol. The second-order valence-corrected chi connectivity index (χ2v) is 4.57. The Hall–Kier alpha value is -1.26. The summed E-state index contributed by atoms with van der Waals surface area (Å²) in [7, 11) is 0. The molecule has 2 rings (SSSR count). The monoisotopic (exact) mass is 245 g/mol. The van der Waals surface area contributed by atoms with Gasteiger partial charge in [0.05, 0.1) is 0 Å². The number of Topliss-reactive ketones (excluding diaryl/α,β-unsaturated/α-hetero) is 1. The first-order valence-electron chi connectivity index (χ1n) is 5.74. The fourth-order valence-electron chi connectivity index (χ4n) is 2.34. The zero-order valence-corrected chi connectivity index (χ0v) is 9.33. The smallest absolute Gasteiger partial charge is 0.353 e. The van der Waals surface area contributed by atoms with Gasteiger partial charge in [0, 0.05) is 24.5 Å². The highest BCUT2D eigenvalue weighted by molar-refractivity contribution is 6.00. The molecule has 0 unspecified atom stereocenters. The average Bonchev–Trinajstić information content (AvgIpc) is 2.87. The van der Waals surface area contributed by atoms with E-state index in [1.165, 1.54) is 25.1 Å². The van der Waals surface area contributed by atoms with E-state index in [0.29, 0.717) is 12.5 Å². The van der Waals surface area contributed by atoms with Crippen molar-refractivity contribution in [2.75, 3.05) is 0 Å². The molecule has 5 heteroatoms. The van der Waals surface area contributed by atoms with Gasteiger partial charge in [0.15, 0.2) is 0 Å². The van der Waals surface area contributed by atoms with Crippen molar-refractivity contribution in [3.8, 4) is 0 Å². The van der Waals surface area contributed by atoms with Gasteiger partial charge in [0.25, 0.3) is 5.78 Å². The van der Waals surface area contributed by atoms with E-state index in [4.69, 9.17) is 0 Å². The van der Waals surface area contributed by atoms with Gasteiger partial charge < -0.3 is 4.57 Å². The lowest BCUT2D eigenvalue weighted by Crippen LogP contribution is -2.22. The van der Waals surface area contributed by atoms with Crippen LogP contribution in [0.3, 0.4) is 0 Å². The molecule has 2 nitrogen and oxygen atoms in total. The fourth-order valence-corrected chi connectivity index (χ4v) is 2.34. The Kier molecular flexibility index (Phi) is 3.26. The Morgan fingerprint density at radius 2 is 2.00 bits per heavy atom. The molecule has 0 N–H and O–H groups in total. The second kappa shape index (κ2) is 4.55. The predicted octanol–water partition coefficient (Wildman–Crippen LogP) is 3.42. The lowest BCUT2D eigenvalue weighted by Gasteiger charge is -2.09. The van der Waals surface area contributed by atoms with E-state index in [9.17, 15) is 18.0 Å². The van der Waals surface area contributed by atoms with Gasteiger partial charge in [-0.15, -0.1) is 0 Å². The molecule has 1 heterocycles. The number of alkyl halides is 3. The molecular weight excluding hydrogens is 231 g/mol. The summed E-state index contributed by atoms with van der Waals surface area (Å²) in [5.41, 5.74) is -0.268. The number of rotatable bonds is 3. The molecule has 0 aromatic carbocycles. The van der Waals surface area contributed by atoms with Crippen molar-refractivity contribution >= 4 is 5.78 Å². The molecule has 0 saturated heterocycles. The third-order valence-corrected chi connectivity index (χ3v) is 3.21. The summed E-state index contributed by atoms with van der Waals surface area (Å²) in [6.07, 6.45) is 2.72. The van der Waals surface area contributed by atoms with Gasteiger partial charge in [0.2, 0.25) is 0 Å². The molecule has 0 atom stereocenters. The van der Waals surface area contributed by atoms with Crippen LogP contribution in [0.5, 0.6) is 0 Å². The maximum Gasteiger partial charge on any atom is 0.454 e. The van der Waals surface area contributed by atoms with Crippen molar-refractivity contribution < 1.29 is 18.0 Å². The van der Waals surface area contributed by atoms with Crippen molar-refractivity contribution in [3.05, 3.63) is 24.0 Å². The number of hydrogen-bond donors (Lipinski definition) is 0. The molecule has 1 aliphatic carbocycles. The van der Waals surface area contributed by atoms with Crippen LogP contribution in [-0.4, -0.2) is 16.5 Å². The molecule has 0 radical (unpaired) electrons. The zero-order chi connectivity index (χ0) is 12.5. The molecule has 1 saturated carbocycles. The highest BCUT2D eigenvalue weighted by Crippen LogP contribution is 2.27. The SMILES string of the molecule is O=C(c1ccn(CC2CCCC2)c1)C(F)(F)F. The van der Waals surface area contributed by atoms with Gasteiger partial charge in [-0.3, -0.25) is 4.79 Å². The first-order chi connectivity index (χ1) is 7.97. The normalized spacial score (nSPS) is 17.6. The van der Waals surface area contributed by atoms with Crippen LogP contribution in [0.25, 0.3) is 0 Å². The number of carbonyl (C=O) groups is 1. The van der Waals surface area contributed by atoms with Crippen LogP contribution in [0, 0.1) is 5.92 Å². The van der Waals surface area contributed by atoms with E-state index >= 15 is 0 Å². The van der Waals surface area contributed by atoms with E-state index in [-0.39, 0.29) is 5.56 Å². The summed E-state index contributed by atoms with van der Waals surface area (Å²) < 4.78 is 38.3. The van der Waals surface area contributed by atoms with Crippen molar-refractivity contribution in [2.45, 2.75) is 38.4 Å². The van der Waals surface area contributed by atoms with Crippen LogP contribution >= 0.6 is 0 Å². The van der Waals surface area contributed by atoms with Crippen LogP contribution < -0.4 is 0 Å². The number of carbonyl (C=O) groups excluding carboxylic acids is 1. The molecule has 94 valence electrons. The lowest BCUT2D eigenvalue weighted by atomic mass is 10.1.